The fourth-order valence-electron chi connectivity index (χ4n) is 4.91. The van der Waals surface area contributed by atoms with Crippen LogP contribution in [0.25, 0.3) is 33.2 Å². The van der Waals surface area contributed by atoms with Crippen LogP contribution >= 0.6 is 0 Å². The molecule has 186 valence electrons. The molecule has 0 aliphatic heterocycles. The van der Waals surface area contributed by atoms with E-state index in [9.17, 15) is 4.79 Å². The van der Waals surface area contributed by atoms with E-state index in [1.165, 1.54) is 11.1 Å². The number of aromatic nitrogens is 4. The van der Waals surface area contributed by atoms with Gasteiger partial charge in [0.05, 0.1) is 27.8 Å². The second-order valence-corrected chi connectivity index (χ2v) is 9.22. The van der Waals surface area contributed by atoms with Gasteiger partial charge in [-0.05, 0) is 67.4 Å². The van der Waals surface area contributed by atoms with Gasteiger partial charge in [0.15, 0.2) is 0 Å². The van der Waals surface area contributed by atoms with Crippen molar-refractivity contribution in [3.8, 4) is 11.3 Å². The van der Waals surface area contributed by atoms with Gasteiger partial charge in [0.1, 0.15) is 5.82 Å². The van der Waals surface area contributed by atoms with Crippen molar-refractivity contribution in [3.05, 3.63) is 120 Å². The smallest absolute Gasteiger partial charge is 0.256 e. The van der Waals surface area contributed by atoms with Crippen LogP contribution in [-0.4, -0.2) is 25.4 Å². The molecule has 0 bridgehead atoms. The minimum absolute atomic E-state index is 0.164. The number of hydrogen-bond donors (Lipinski definition) is 1. The number of hydrogen-bond acceptors (Lipinski definition) is 4. The van der Waals surface area contributed by atoms with Crippen molar-refractivity contribution in [2.24, 2.45) is 0 Å². The minimum Gasteiger partial charge on any atom is -0.328 e. The van der Waals surface area contributed by atoms with Crippen LogP contribution in [0.3, 0.4) is 0 Å². The van der Waals surface area contributed by atoms with Gasteiger partial charge in [-0.15, -0.1) is 0 Å². The highest BCUT2D eigenvalue weighted by Gasteiger charge is 2.15. The fourth-order valence-corrected chi connectivity index (χ4v) is 4.91. The van der Waals surface area contributed by atoms with E-state index in [-0.39, 0.29) is 5.91 Å². The quantitative estimate of drug-likeness (QED) is 0.266. The van der Waals surface area contributed by atoms with E-state index in [0.29, 0.717) is 5.56 Å². The maximum Gasteiger partial charge on any atom is 0.256 e. The molecule has 3 heterocycles. The van der Waals surface area contributed by atoms with Gasteiger partial charge >= 0.3 is 0 Å². The van der Waals surface area contributed by atoms with Crippen LogP contribution in [-0.2, 0) is 19.4 Å². The van der Waals surface area contributed by atoms with Gasteiger partial charge in [-0.3, -0.25) is 9.78 Å². The van der Waals surface area contributed by atoms with Gasteiger partial charge < -0.3 is 9.88 Å². The number of amides is 1. The third kappa shape index (κ3) is 4.64. The monoisotopic (exact) mass is 497 g/mol. The lowest BCUT2D eigenvalue weighted by Crippen LogP contribution is -2.13. The Balaban J connectivity index is 1.20. The number of anilines is 1. The Bertz CT molecular complexity index is 1740. The van der Waals surface area contributed by atoms with Gasteiger partial charge in [0, 0.05) is 42.0 Å². The molecule has 6 nitrogen and oxygen atoms in total. The van der Waals surface area contributed by atoms with Crippen LogP contribution in [0.1, 0.15) is 28.7 Å². The normalized spacial score (nSPS) is 11.2. The number of carbonyl (C=O) groups excluding carboxylic acids is 1. The first kappa shape index (κ1) is 23.6. The third-order valence-corrected chi connectivity index (χ3v) is 6.84. The van der Waals surface area contributed by atoms with E-state index in [1.807, 2.05) is 60.7 Å². The molecule has 0 saturated heterocycles. The molecule has 0 radical (unpaired) electrons. The van der Waals surface area contributed by atoms with Crippen molar-refractivity contribution >= 4 is 33.5 Å². The first-order valence-corrected chi connectivity index (χ1v) is 12.8. The van der Waals surface area contributed by atoms with Crippen molar-refractivity contribution in [1.29, 1.82) is 0 Å². The number of aryl methyl sites for hydroxylation is 3. The Morgan fingerprint density at radius 1 is 0.816 bits per heavy atom. The summed E-state index contributed by atoms with van der Waals surface area (Å²) in [5.74, 6) is 0.934. The summed E-state index contributed by atoms with van der Waals surface area (Å²) >= 11 is 0. The number of fused-ring (bicyclic) bond motifs is 2. The summed E-state index contributed by atoms with van der Waals surface area (Å²) in [6, 6.07) is 29.7. The second-order valence-electron chi connectivity index (χ2n) is 9.22. The van der Waals surface area contributed by atoms with Gasteiger partial charge in [-0.1, -0.05) is 42.5 Å². The van der Waals surface area contributed by atoms with Crippen molar-refractivity contribution in [3.63, 3.8) is 0 Å². The molecule has 6 rings (SSSR count). The Kier molecular flexibility index (Phi) is 6.36. The highest BCUT2D eigenvalue weighted by atomic mass is 16.1. The molecule has 0 fully saturated rings. The Hall–Kier alpha value is -4.84. The zero-order valence-electron chi connectivity index (χ0n) is 21.1. The van der Waals surface area contributed by atoms with Crippen LogP contribution in [0.2, 0.25) is 0 Å². The minimum atomic E-state index is -0.164. The third-order valence-electron chi connectivity index (χ3n) is 6.84. The number of pyridine rings is 2. The van der Waals surface area contributed by atoms with Crippen LogP contribution in [0.15, 0.2) is 103 Å². The average molecular weight is 498 g/mol. The van der Waals surface area contributed by atoms with E-state index in [0.717, 1.165) is 58.6 Å². The summed E-state index contributed by atoms with van der Waals surface area (Å²) < 4.78 is 2.28. The Labute approximate surface area is 221 Å². The summed E-state index contributed by atoms with van der Waals surface area (Å²) in [5.41, 5.74) is 7.20. The standard InChI is InChI=1S/C32H27N5O/c1-2-37-30-10-6-5-9-28(30)36-31(37)16-13-22-11-14-24(15-12-22)34-32(38)26-21-29(23-17-19-33-20-18-23)35-27-8-4-3-7-25(26)27/h3-12,14-15,17-21H,2,13,16H2,1H3,(H,34,38). The molecule has 0 aliphatic rings. The number of rotatable bonds is 7. The summed E-state index contributed by atoms with van der Waals surface area (Å²) in [6.45, 7) is 3.05. The summed E-state index contributed by atoms with van der Waals surface area (Å²) in [6.07, 6.45) is 5.19. The molecule has 0 atom stereocenters. The maximum atomic E-state index is 13.4. The Morgan fingerprint density at radius 2 is 1.55 bits per heavy atom. The molecule has 0 aliphatic carbocycles. The second kappa shape index (κ2) is 10.3. The largest absolute Gasteiger partial charge is 0.328 e. The van der Waals surface area contributed by atoms with E-state index < -0.39 is 0 Å². The molecule has 1 N–H and O–H groups in total. The highest BCUT2D eigenvalue weighted by molar-refractivity contribution is 6.13. The zero-order valence-corrected chi connectivity index (χ0v) is 21.1. The van der Waals surface area contributed by atoms with Gasteiger partial charge in [-0.25, -0.2) is 9.97 Å². The topological polar surface area (TPSA) is 72.7 Å². The lowest BCUT2D eigenvalue weighted by molar-refractivity contribution is 0.102. The first-order valence-electron chi connectivity index (χ1n) is 12.8. The predicted octanol–water partition coefficient (Wildman–Crippen LogP) is 6.70. The number of carbonyl (C=O) groups is 1. The molecule has 38 heavy (non-hydrogen) atoms. The number of imidazole rings is 1. The predicted molar refractivity (Wildman–Crippen MR) is 152 cm³/mol. The van der Waals surface area contributed by atoms with Gasteiger partial charge in [0.25, 0.3) is 5.91 Å². The summed E-state index contributed by atoms with van der Waals surface area (Å²) in [5, 5.41) is 3.89. The molecule has 3 aromatic carbocycles. The molecule has 6 heteroatoms. The molecule has 1 amide bonds. The van der Waals surface area contributed by atoms with E-state index in [1.54, 1.807) is 12.4 Å². The molecule has 0 spiro atoms. The lowest BCUT2D eigenvalue weighted by atomic mass is 10.0. The van der Waals surface area contributed by atoms with Gasteiger partial charge in [0.2, 0.25) is 0 Å². The number of nitrogens with one attached hydrogen (secondary N) is 1. The lowest BCUT2D eigenvalue weighted by Gasteiger charge is -2.11. The maximum absolute atomic E-state index is 13.4. The molecular formula is C32H27N5O. The van der Waals surface area contributed by atoms with Crippen molar-refractivity contribution in [1.82, 2.24) is 19.5 Å². The molecule has 0 saturated carbocycles. The highest BCUT2D eigenvalue weighted by Crippen LogP contribution is 2.26. The van der Waals surface area contributed by atoms with E-state index in [4.69, 9.17) is 9.97 Å². The number of benzene rings is 3. The summed E-state index contributed by atoms with van der Waals surface area (Å²) in [4.78, 5) is 27.1. The zero-order chi connectivity index (χ0) is 25.9. The summed E-state index contributed by atoms with van der Waals surface area (Å²) in [7, 11) is 0. The van der Waals surface area contributed by atoms with Gasteiger partial charge in [-0.2, -0.15) is 0 Å². The average Bonchev–Trinajstić information content (AvgIpc) is 3.34. The molecular weight excluding hydrogens is 470 g/mol. The van der Waals surface area contributed by atoms with Crippen molar-refractivity contribution in [2.45, 2.75) is 26.3 Å². The SMILES string of the molecule is CCn1c(CCc2ccc(NC(=O)c3cc(-c4ccncc4)nc4ccccc34)cc2)nc2ccccc21. The van der Waals surface area contributed by atoms with E-state index >= 15 is 0 Å². The number of para-hydroxylation sites is 3. The first-order chi connectivity index (χ1) is 18.7. The molecule has 3 aromatic heterocycles. The fraction of sp³-hybridized carbons (Fsp3) is 0.125. The van der Waals surface area contributed by atoms with Crippen molar-refractivity contribution < 1.29 is 4.79 Å². The van der Waals surface area contributed by atoms with Crippen LogP contribution in [0.5, 0.6) is 0 Å². The van der Waals surface area contributed by atoms with Crippen LogP contribution in [0.4, 0.5) is 5.69 Å². The van der Waals surface area contributed by atoms with Crippen LogP contribution in [0, 0.1) is 0 Å². The molecule has 6 aromatic rings. The Morgan fingerprint density at radius 3 is 2.34 bits per heavy atom. The van der Waals surface area contributed by atoms with Crippen LogP contribution < -0.4 is 5.32 Å². The van der Waals surface area contributed by atoms with Crippen molar-refractivity contribution in [2.75, 3.05) is 5.32 Å². The number of nitrogens with zero attached hydrogens (tertiary/aromatic N) is 4. The molecule has 0 unspecified atom stereocenters. The van der Waals surface area contributed by atoms with E-state index in [2.05, 4.69) is 52.1 Å².